The van der Waals surface area contributed by atoms with E-state index in [0.29, 0.717) is 6.54 Å². The fourth-order valence-electron chi connectivity index (χ4n) is 0.910. The van der Waals surface area contributed by atoms with Crippen molar-refractivity contribution in [1.82, 2.24) is 10.6 Å². The normalized spacial score (nSPS) is 11.1. The Hall–Kier alpha value is -1.10. The van der Waals surface area contributed by atoms with E-state index >= 15 is 0 Å². The van der Waals surface area contributed by atoms with Crippen LogP contribution in [0.2, 0.25) is 0 Å². The molecule has 0 aliphatic heterocycles. The molecule has 3 N–H and O–H groups in total. The Morgan fingerprint density at radius 1 is 1.27 bits per heavy atom. The van der Waals surface area contributed by atoms with Crippen LogP contribution in [-0.4, -0.2) is 36.6 Å². The van der Waals surface area contributed by atoms with Crippen LogP contribution in [0.5, 0.6) is 0 Å². The Bertz CT molecular complexity index is 227. The van der Waals surface area contributed by atoms with Crippen molar-refractivity contribution in [3.05, 3.63) is 0 Å². The summed E-state index contributed by atoms with van der Waals surface area (Å²) >= 11 is 0. The van der Waals surface area contributed by atoms with Crippen molar-refractivity contribution < 1.29 is 14.7 Å². The van der Waals surface area contributed by atoms with Crippen LogP contribution >= 0.6 is 0 Å². The van der Waals surface area contributed by atoms with Crippen molar-refractivity contribution in [3.8, 4) is 0 Å². The van der Waals surface area contributed by atoms with Crippen LogP contribution in [0.4, 0.5) is 0 Å². The first kappa shape index (κ1) is 13.9. The fraction of sp³-hybridized carbons (Fsp3) is 0.800. The van der Waals surface area contributed by atoms with Crippen LogP contribution in [0.25, 0.3) is 0 Å². The second-order valence-corrected chi connectivity index (χ2v) is 3.89. The van der Waals surface area contributed by atoms with E-state index in [0.717, 1.165) is 19.5 Å². The second kappa shape index (κ2) is 6.40. The largest absolute Gasteiger partial charge is 0.480 e. The second-order valence-electron chi connectivity index (χ2n) is 3.89. The molecule has 0 heterocycles. The van der Waals surface area contributed by atoms with Gasteiger partial charge in [0.15, 0.2) is 0 Å². The SMILES string of the molecule is CCNCCCNC(=O)C(C)(C)C(=O)O. The molecule has 0 atom stereocenters. The molecule has 1 amide bonds. The maximum atomic E-state index is 11.4. The monoisotopic (exact) mass is 216 g/mol. The Morgan fingerprint density at radius 2 is 1.87 bits per heavy atom. The number of carboxylic acids is 1. The smallest absolute Gasteiger partial charge is 0.318 e. The van der Waals surface area contributed by atoms with Gasteiger partial charge in [0.05, 0.1) is 0 Å². The lowest BCUT2D eigenvalue weighted by Crippen LogP contribution is -2.43. The third-order valence-electron chi connectivity index (χ3n) is 2.17. The molecule has 0 radical (unpaired) electrons. The summed E-state index contributed by atoms with van der Waals surface area (Å²) in [5, 5.41) is 14.5. The molecule has 0 aliphatic rings. The average molecular weight is 216 g/mol. The number of hydrogen-bond acceptors (Lipinski definition) is 3. The molecule has 0 spiro atoms. The van der Waals surface area contributed by atoms with Gasteiger partial charge in [0, 0.05) is 6.54 Å². The number of carbonyl (C=O) groups is 2. The molecule has 0 aromatic carbocycles. The van der Waals surface area contributed by atoms with Gasteiger partial charge < -0.3 is 15.7 Å². The van der Waals surface area contributed by atoms with E-state index in [-0.39, 0.29) is 0 Å². The highest BCUT2D eigenvalue weighted by atomic mass is 16.4. The van der Waals surface area contributed by atoms with Gasteiger partial charge in [-0.05, 0) is 33.4 Å². The number of nitrogens with one attached hydrogen (secondary N) is 2. The third kappa shape index (κ3) is 4.78. The van der Waals surface area contributed by atoms with Gasteiger partial charge in [0.25, 0.3) is 0 Å². The molecule has 88 valence electrons. The summed E-state index contributed by atoms with van der Waals surface area (Å²) < 4.78 is 0. The highest BCUT2D eigenvalue weighted by Gasteiger charge is 2.35. The minimum atomic E-state index is -1.35. The fourth-order valence-corrected chi connectivity index (χ4v) is 0.910. The highest BCUT2D eigenvalue weighted by molar-refractivity contribution is 6.00. The zero-order chi connectivity index (χ0) is 11.9. The zero-order valence-electron chi connectivity index (χ0n) is 9.59. The van der Waals surface area contributed by atoms with E-state index in [9.17, 15) is 9.59 Å². The van der Waals surface area contributed by atoms with E-state index in [1.165, 1.54) is 13.8 Å². The van der Waals surface area contributed by atoms with Gasteiger partial charge >= 0.3 is 5.97 Å². The Balaban J connectivity index is 3.79. The summed E-state index contributed by atoms with van der Waals surface area (Å²) in [6.45, 7) is 7.03. The van der Waals surface area contributed by atoms with Crippen LogP contribution < -0.4 is 10.6 Å². The van der Waals surface area contributed by atoms with Crippen molar-refractivity contribution in [3.63, 3.8) is 0 Å². The van der Waals surface area contributed by atoms with Crippen LogP contribution in [0.1, 0.15) is 27.2 Å². The molecular weight excluding hydrogens is 196 g/mol. The predicted molar refractivity (Wildman–Crippen MR) is 57.6 cm³/mol. The quantitative estimate of drug-likeness (QED) is 0.420. The summed E-state index contributed by atoms with van der Waals surface area (Å²) in [5.74, 6) is -1.54. The number of carboxylic acid groups (broad SMARTS) is 1. The van der Waals surface area contributed by atoms with Gasteiger partial charge in [0.1, 0.15) is 5.41 Å². The molecule has 0 aromatic heterocycles. The molecule has 0 bridgehead atoms. The van der Waals surface area contributed by atoms with Gasteiger partial charge in [0.2, 0.25) is 5.91 Å². The van der Waals surface area contributed by atoms with E-state index in [4.69, 9.17) is 5.11 Å². The van der Waals surface area contributed by atoms with Crippen molar-refractivity contribution >= 4 is 11.9 Å². The summed E-state index contributed by atoms with van der Waals surface area (Å²) in [7, 11) is 0. The molecule has 0 saturated heterocycles. The van der Waals surface area contributed by atoms with E-state index < -0.39 is 17.3 Å². The molecule has 5 heteroatoms. The Kier molecular flexibility index (Phi) is 5.93. The third-order valence-corrected chi connectivity index (χ3v) is 2.17. The maximum Gasteiger partial charge on any atom is 0.318 e. The molecule has 0 fully saturated rings. The standard InChI is InChI=1S/C10H20N2O3/c1-4-11-6-5-7-12-8(13)10(2,3)9(14)15/h11H,4-7H2,1-3H3,(H,12,13)(H,14,15). The molecule has 0 aliphatic carbocycles. The Labute approximate surface area is 90.2 Å². The first-order chi connectivity index (χ1) is 6.92. The molecule has 5 nitrogen and oxygen atoms in total. The van der Waals surface area contributed by atoms with Gasteiger partial charge in [-0.25, -0.2) is 0 Å². The number of aliphatic carboxylic acids is 1. The van der Waals surface area contributed by atoms with E-state index in [1.54, 1.807) is 0 Å². The summed E-state index contributed by atoms with van der Waals surface area (Å²) in [5.41, 5.74) is -1.35. The first-order valence-corrected chi connectivity index (χ1v) is 5.15. The van der Waals surface area contributed by atoms with Crippen LogP contribution in [0.3, 0.4) is 0 Å². The predicted octanol–water partition coefficient (Wildman–Crippen LogP) is 0.213. The van der Waals surface area contributed by atoms with Gasteiger partial charge in [-0.2, -0.15) is 0 Å². The van der Waals surface area contributed by atoms with Crippen LogP contribution in [0, 0.1) is 5.41 Å². The van der Waals surface area contributed by atoms with Crippen molar-refractivity contribution in [1.29, 1.82) is 0 Å². The minimum Gasteiger partial charge on any atom is -0.480 e. The van der Waals surface area contributed by atoms with Crippen LogP contribution in [0.15, 0.2) is 0 Å². The molecule has 0 unspecified atom stereocenters. The average Bonchev–Trinajstić information content (AvgIpc) is 2.16. The van der Waals surface area contributed by atoms with E-state index in [1.807, 2.05) is 6.92 Å². The minimum absolute atomic E-state index is 0.438. The topological polar surface area (TPSA) is 78.4 Å². The summed E-state index contributed by atoms with van der Waals surface area (Å²) in [6.07, 6.45) is 0.801. The lowest BCUT2D eigenvalue weighted by molar-refractivity contribution is -0.153. The highest BCUT2D eigenvalue weighted by Crippen LogP contribution is 2.14. The zero-order valence-corrected chi connectivity index (χ0v) is 9.59. The lowest BCUT2D eigenvalue weighted by Gasteiger charge is -2.18. The molecular formula is C10H20N2O3. The lowest BCUT2D eigenvalue weighted by atomic mass is 9.93. The van der Waals surface area contributed by atoms with Crippen LogP contribution in [-0.2, 0) is 9.59 Å². The van der Waals surface area contributed by atoms with Gasteiger partial charge in [-0.15, -0.1) is 0 Å². The molecule has 0 saturated carbocycles. The Morgan fingerprint density at radius 3 is 2.33 bits per heavy atom. The van der Waals surface area contributed by atoms with Crippen molar-refractivity contribution in [2.45, 2.75) is 27.2 Å². The van der Waals surface area contributed by atoms with Gasteiger partial charge in [-0.1, -0.05) is 6.92 Å². The number of carbonyl (C=O) groups excluding carboxylic acids is 1. The van der Waals surface area contributed by atoms with Gasteiger partial charge in [-0.3, -0.25) is 9.59 Å². The summed E-state index contributed by atoms with van der Waals surface area (Å²) in [4.78, 5) is 22.2. The van der Waals surface area contributed by atoms with E-state index in [2.05, 4.69) is 10.6 Å². The first-order valence-electron chi connectivity index (χ1n) is 5.15. The maximum absolute atomic E-state index is 11.4. The molecule has 0 aromatic rings. The molecule has 0 rings (SSSR count). The number of hydrogen-bond donors (Lipinski definition) is 3. The van der Waals surface area contributed by atoms with Crippen molar-refractivity contribution in [2.24, 2.45) is 5.41 Å². The summed E-state index contributed by atoms with van der Waals surface area (Å²) in [6, 6.07) is 0. The molecule has 15 heavy (non-hydrogen) atoms. The number of amides is 1. The van der Waals surface area contributed by atoms with Crippen molar-refractivity contribution in [2.75, 3.05) is 19.6 Å². The number of rotatable bonds is 7.